The highest BCUT2D eigenvalue weighted by atomic mass is 16.6. The standard InChI is InChI=1S/C22H28N2O5/c1-22(2,3)29-21(26)23-17-11-7-9-15(13-17)20(25)24(4)14-16-10-8-12-18(27-5)19(16)28-6/h7-13H,14H2,1-6H3,(H,23,26). The van der Waals surface area contributed by atoms with Crippen LogP contribution in [0.1, 0.15) is 36.7 Å². The van der Waals surface area contributed by atoms with Crippen LogP contribution < -0.4 is 14.8 Å². The van der Waals surface area contributed by atoms with E-state index in [-0.39, 0.29) is 5.91 Å². The predicted octanol–water partition coefficient (Wildman–Crippen LogP) is 4.32. The van der Waals surface area contributed by atoms with Crippen molar-refractivity contribution in [1.29, 1.82) is 0 Å². The van der Waals surface area contributed by atoms with E-state index in [4.69, 9.17) is 14.2 Å². The third-order valence-corrected chi connectivity index (χ3v) is 3.99. The topological polar surface area (TPSA) is 77.1 Å². The molecule has 7 nitrogen and oxygen atoms in total. The second-order valence-corrected chi connectivity index (χ2v) is 7.52. The molecular formula is C22H28N2O5. The van der Waals surface area contributed by atoms with Crippen molar-refractivity contribution in [3.05, 3.63) is 53.6 Å². The maximum absolute atomic E-state index is 12.9. The molecule has 2 rings (SSSR count). The Hall–Kier alpha value is -3.22. The van der Waals surface area contributed by atoms with Gasteiger partial charge in [0.25, 0.3) is 5.91 Å². The zero-order chi connectivity index (χ0) is 21.6. The van der Waals surface area contributed by atoms with E-state index in [9.17, 15) is 9.59 Å². The van der Waals surface area contributed by atoms with Gasteiger partial charge in [-0.1, -0.05) is 18.2 Å². The Morgan fingerprint density at radius 3 is 2.34 bits per heavy atom. The van der Waals surface area contributed by atoms with Crippen LogP contribution in [0, 0.1) is 0 Å². The van der Waals surface area contributed by atoms with Gasteiger partial charge in [0, 0.05) is 30.4 Å². The van der Waals surface area contributed by atoms with Gasteiger partial charge in [0.2, 0.25) is 0 Å². The number of ether oxygens (including phenoxy) is 3. The van der Waals surface area contributed by atoms with Crippen LogP contribution >= 0.6 is 0 Å². The molecule has 0 saturated heterocycles. The van der Waals surface area contributed by atoms with Crippen LogP contribution in [-0.4, -0.2) is 43.8 Å². The molecule has 2 aromatic rings. The van der Waals surface area contributed by atoms with Gasteiger partial charge in [0.1, 0.15) is 5.60 Å². The summed E-state index contributed by atoms with van der Waals surface area (Å²) >= 11 is 0. The van der Waals surface area contributed by atoms with E-state index in [2.05, 4.69) is 5.32 Å². The van der Waals surface area contributed by atoms with E-state index in [1.807, 2.05) is 12.1 Å². The molecule has 156 valence electrons. The summed E-state index contributed by atoms with van der Waals surface area (Å²) in [6.07, 6.45) is -0.573. The van der Waals surface area contributed by atoms with Crippen LogP contribution in [0.15, 0.2) is 42.5 Å². The SMILES string of the molecule is COc1cccc(CN(C)C(=O)c2cccc(NC(=O)OC(C)(C)C)c2)c1OC. The molecule has 0 radical (unpaired) electrons. The van der Waals surface area contributed by atoms with Crippen LogP contribution in [-0.2, 0) is 11.3 Å². The first kappa shape index (κ1) is 22.1. The van der Waals surface area contributed by atoms with Crippen LogP contribution in [0.25, 0.3) is 0 Å². The predicted molar refractivity (Wildman–Crippen MR) is 112 cm³/mol. The number of amides is 2. The fourth-order valence-electron chi connectivity index (χ4n) is 2.78. The summed E-state index contributed by atoms with van der Waals surface area (Å²) in [5.41, 5.74) is 1.15. The number of nitrogens with one attached hydrogen (secondary N) is 1. The molecule has 0 aromatic heterocycles. The van der Waals surface area contributed by atoms with Crippen molar-refractivity contribution >= 4 is 17.7 Å². The number of methoxy groups -OCH3 is 2. The molecule has 0 spiro atoms. The lowest BCUT2D eigenvalue weighted by molar-refractivity contribution is 0.0635. The minimum Gasteiger partial charge on any atom is -0.493 e. The van der Waals surface area contributed by atoms with E-state index in [1.54, 1.807) is 77.3 Å². The zero-order valence-electron chi connectivity index (χ0n) is 17.7. The molecule has 0 aliphatic carbocycles. The molecule has 2 aromatic carbocycles. The molecule has 0 unspecified atom stereocenters. The average molecular weight is 400 g/mol. The van der Waals surface area contributed by atoms with Crippen molar-refractivity contribution in [2.45, 2.75) is 32.9 Å². The van der Waals surface area contributed by atoms with Gasteiger partial charge in [-0.25, -0.2) is 4.79 Å². The lowest BCUT2D eigenvalue weighted by Gasteiger charge is -2.21. The van der Waals surface area contributed by atoms with Gasteiger partial charge in [0.15, 0.2) is 11.5 Å². The molecule has 2 amide bonds. The average Bonchev–Trinajstić information content (AvgIpc) is 2.65. The number of rotatable bonds is 6. The first-order chi connectivity index (χ1) is 13.6. The van der Waals surface area contributed by atoms with Gasteiger partial charge in [-0.15, -0.1) is 0 Å². The lowest BCUT2D eigenvalue weighted by atomic mass is 10.1. The molecule has 0 fully saturated rings. The molecule has 0 aliphatic rings. The minimum absolute atomic E-state index is 0.192. The number of benzene rings is 2. The van der Waals surface area contributed by atoms with Crippen molar-refractivity contribution in [2.24, 2.45) is 0 Å². The van der Waals surface area contributed by atoms with Gasteiger partial charge < -0.3 is 19.1 Å². The highest BCUT2D eigenvalue weighted by Gasteiger charge is 2.19. The minimum atomic E-state index is -0.604. The van der Waals surface area contributed by atoms with Crippen molar-refractivity contribution in [3.63, 3.8) is 0 Å². The van der Waals surface area contributed by atoms with E-state index >= 15 is 0 Å². The second kappa shape index (κ2) is 9.32. The second-order valence-electron chi connectivity index (χ2n) is 7.52. The maximum atomic E-state index is 12.9. The summed E-state index contributed by atoms with van der Waals surface area (Å²) in [5.74, 6) is 1.01. The lowest BCUT2D eigenvalue weighted by Crippen LogP contribution is -2.28. The number of carbonyl (C=O) groups excluding carboxylic acids is 2. The quantitative estimate of drug-likeness (QED) is 0.781. The molecule has 7 heteroatoms. The fourth-order valence-corrected chi connectivity index (χ4v) is 2.78. The summed E-state index contributed by atoms with van der Waals surface area (Å²) in [6.45, 7) is 5.69. The Balaban J connectivity index is 2.13. The van der Waals surface area contributed by atoms with Crippen LogP contribution in [0.5, 0.6) is 11.5 Å². The van der Waals surface area contributed by atoms with Crippen molar-refractivity contribution in [3.8, 4) is 11.5 Å². The van der Waals surface area contributed by atoms with E-state index < -0.39 is 11.7 Å². The Labute approximate surface area is 171 Å². The Morgan fingerprint density at radius 1 is 1.03 bits per heavy atom. The van der Waals surface area contributed by atoms with Crippen LogP contribution in [0.3, 0.4) is 0 Å². The third kappa shape index (κ3) is 6.14. The van der Waals surface area contributed by atoms with Gasteiger partial charge in [-0.2, -0.15) is 0 Å². The molecule has 0 heterocycles. The third-order valence-electron chi connectivity index (χ3n) is 3.99. The summed E-state index contributed by atoms with van der Waals surface area (Å²) in [5, 5.41) is 2.65. The smallest absolute Gasteiger partial charge is 0.412 e. The van der Waals surface area contributed by atoms with Crippen molar-refractivity contribution in [1.82, 2.24) is 4.90 Å². The number of hydrogen-bond donors (Lipinski definition) is 1. The highest BCUT2D eigenvalue weighted by Crippen LogP contribution is 2.31. The van der Waals surface area contributed by atoms with Gasteiger partial charge in [-0.05, 0) is 45.0 Å². The summed E-state index contributed by atoms with van der Waals surface area (Å²) < 4.78 is 16.0. The molecule has 1 N–H and O–H groups in total. The fraction of sp³-hybridized carbons (Fsp3) is 0.364. The summed E-state index contributed by atoms with van der Waals surface area (Å²) in [6, 6.07) is 12.3. The zero-order valence-corrected chi connectivity index (χ0v) is 17.7. The summed E-state index contributed by atoms with van der Waals surface area (Å²) in [4.78, 5) is 26.4. The van der Waals surface area contributed by atoms with Crippen LogP contribution in [0.4, 0.5) is 10.5 Å². The maximum Gasteiger partial charge on any atom is 0.412 e. The van der Waals surface area contributed by atoms with Crippen molar-refractivity contribution in [2.75, 3.05) is 26.6 Å². The number of anilines is 1. The monoisotopic (exact) mass is 400 g/mol. The van der Waals surface area contributed by atoms with E-state index in [0.29, 0.717) is 29.3 Å². The highest BCUT2D eigenvalue weighted by molar-refractivity contribution is 5.96. The van der Waals surface area contributed by atoms with E-state index in [0.717, 1.165) is 5.56 Å². The Morgan fingerprint density at radius 2 is 1.72 bits per heavy atom. The van der Waals surface area contributed by atoms with Gasteiger partial charge in [0.05, 0.1) is 14.2 Å². The molecule has 0 bridgehead atoms. The summed E-state index contributed by atoms with van der Waals surface area (Å²) in [7, 11) is 4.84. The van der Waals surface area contributed by atoms with Gasteiger partial charge >= 0.3 is 6.09 Å². The Kier molecular flexibility index (Phi) is 7.09. The first-order valence-corrected chi connectivity index (χ1v) is 9.20. The number of carbonyl (C=O) groups is 2. The number of hydrogen-bond acceptors (Lipinski definition) is 5. The molecule has 0 aliphatic heterocycles. The van der Waals surface area contributed by atoms with E-state index in [1.165, 1.54) is 0 Å². The van der Waals surface area contributed by atoms with Crippen LogP contribution in [0.2, 0.25) is 0 Å². The number of nitrogens with zero attached hydrogens (tertiary/aromatic N) is 1. The van der Waals surface area contributed by atoms with Gasteiger partial charge in [-0.3, -0.25) is 10.1 Å². The molecule has 0 saturated carbocycles. The molecule has 29 heavy (non-hydrogen) atoms. The largest absolute Gasteiger partial charge is 0.493 e. The molecular weight excluding hydrogens is 372 g/mol. The first-order valence-electron chi connectivity index (χ1n) is 9.20. The Bertz CT molecular complexity index is 874. The normalized spacial score (nSPS) is 10.8. The molecule has 0 atom stereocenters. The van der Waals surface area contributed by atoms with Crippen molar-refractivity contribution < 1.29 is 23.8 Å². The number of para-hydroxylation sites is 1.